The van der Waals surface area contributed by atoms with Crippen molar-refractivity contribution >= 4 is 32.4 Å². The first-order chi connectivity index (χ1) is 13.2. The Kier molecular flexibility index (Phi) is 5.61. The van der Waals surface area contributed by atoms with Crippen LogP contribution in [-0.4, -0.2) is 20.1 Å². The van der Waals surface area contributed by atoms with E-state index in [1.807, 2.05) is 6.07 Å². The molecule has 0 radical (unpaired) electrons. The number of aryl methyl sites for hydroxylation is 1. The molecule has 6 heteroatoms. The smallest absolute Gasteiger partial charge is 0.228 e. The summed E-state index contributed by atoms with van der Waals surface area (Å²) in [5.41, 5.74) is 4.59. The molecule has 0 unspecified atom stereocenters. The Bertz CT molecular complexity index is 1110. The van der Waals surface area contributed by atoms with E-state index in [9.17, 15) is 13.2 Å². The summed E-state index contributed by atoms with van der Waals surface area (Å²) < 4.78 is 29.4. The first-order valence-electron chi connectivity index (χ1n) is 9.34. The van der Waals surface area contributed by atoms with E-state index < -0.39 is 9.84 Å². The fourth-order valence-corrected chi connectivity index (χ4v) is 4.18. The van der Waals surface area contributed by atoms with Crippen LogP contribution in [-0.2, 0) is 21.1 Å². The summed E-state index contributed by atoms with van der Waals surface area (Å²) in [6.45, 7) is 7.95. The molecule has 5 nitrogen and oxygen atoms in total. The van der Waals surface area contributed by atoms with Crippen LogP contribution < -0.4 is 5.32 Å². The predicted octanol–water partition coefficient (Wildman–Crippen LogP) is 4.84. The van der Waals surface area contributed by atoms with Gasteiger partial charge in [0.05, 0.1) is 23.3 Å². The van der Waals surface area contributed by atoms with Crippen LogP contribution in [0, 0.1) is 6.92 Å². The van der Waals surface area contributed by atoms with Gasteiger partial charge in [0.25, 0.3) is 0 Å². The highest BCUT2D eigenvalue weighted by Crippen LogP contribution is 2.29. The fourth-order valence-electron chi connectivity index (χ4n) is 3.29. The van der Waals surface area contributed by atoms with E-state index in [2.05, 4.69) is 32.2 Å². The summed E-state index contributed by atoms with van der Waals surface area (Å²) in [7, 11) is -3.25. The molecule has 0 aliphatic carbocycles. The SMILES string of the molecule is CCS(=O)(=O)c1ccc(NC(=O)Cc2coc3cc(C)c(C(C)C)cc23)cc1. The largest absolute Gasteiger partial charge is 0.464 e. The zero-order valence-electron chi connectivity index (χ0n) is 16.6. The highest BCUT2D eigenvalue weighted by molar-refractivity contribution is 7.91. The van der Waals surface area contributed by atoms with Crippen molar-refractivity contribution < 1.29 is 17.6 Å². The van der Waals surface area contributed by atoms with Crippen LogP contribution in [0.1, 0.15) is 43.4 Å². The molecule has 0 atom stereocenters. The Balaban J connectivity index is 1.77. The summed E-state index contributed by atoms with van der Waals surface area (Å²) >= 11 is 0. The van der Waals surface area contributed by atoms with Gasteiger partial charge in [-0.2, -0.15) is 0 Å². The van der Waals surface area contributed by atoms with E-state index in [0.29, 0.717) is 11.6 Å². The molecule has 2 aromatic carbocycles. The second-order valence-corrected chi connectivity index (χ2v) is 9.55. The molecule has 0 saturated carbocycles. The van der Waals surface area contributed by atoms with Crippen LogP contribution in [0.25, 0.3) is 11.0 Å². The lowest BCUT2D eigenvalue weighted by Gasteiger charge is -2.10. The van der Waals surface area contributed by atoms with Gasteiger partial charge < -0.3 is 9.73 Å². The lowest BCUT2D eigenvalue weighted by atomic mass is 9.95. The summed E-state index contributed by atoms with van der Waals surface area (Å²) in [6.07, 6.45) is 1.81. The average molecular weight is 400 g/mol. The molecule has 3 rings (SSSR count). The van der Waals surface area contributed by atoms with Crippen molar-refractivity contribution in [3.8, 4) is 0 Å². The van der Waals surface area contributed by atoms with Crippen LogP contribution in [0.2, 0.25) is 0 Å². The monoisotopic (exact) mass is 399 g/mol. The van der Waals surface area contributed by atoms with Gasteiger partial charge in [-0.25, -0.2) is 8.42 Å². The first-order valence-corrected chi connectivity index (χ1v) is 11.0. The van der Waals surface area contributed by atoms with Crippen LogP contribution >= 0.6 is 0 Å². The van der Waals surface area contributed by atoms with E-state index in [4.69, 9.17) is 4.42 Å². The molecule has 1 heterocycles. The van der Waals surface area contributed by atoms with Gasteiger partial charge in [0.1, 0.15) is 5.58 Å². The lowest BCUT2D eigenvalue weighted by molar-refractivity contribution is -0.115. The van der Waals surface area contributed by atoms with Gasteiger partial charge in [0.2, 0.25) is 5.91 Å². The topological polar surface area (TPSA) is 76.4 Å². The zero-order chi connectivity index (χ0) is 20.5. The molecule has 0 spiro atoms. The summed E-state index contributed by atoms with van der Waals surface area (Å²) in [5.74, 6) is 0.253. The molecule has 0 saturated heterocycles. The van der Waals surface area contributed by atoms with Crippen molar-refractivity contribution in [1.82, 2.24) is 0 Å². The van der Waals surface area contributed by atoms with Crippen molar-refractivity contribution in [2.45, 2.75) is 44.9 Å². The number of nitrogens with one attached hydrogen (secondary N) is 1. The minimum atomic E-state index is -3.25. The van der Waals surface area contributed by atoms with E-state index in [-0.39, 0.29) is 23.0 Å². The number of hydrogen-bond acceptors (Lipinski definition) is 4. The van der Waals surface area contributed by atoms with Crippen LogP contribution in [0.3, 0.4) is 0 Å². The molecule has 0 fully saturated rings. The molecule has 148 valence electrons. The van der Waals surface area contributed by atoms with Gasteiger partial charge in [0.15, 0.2) is 9.84 Å². The quantitative estimate of drug-likeness (QED) is 0.643. The van der Waals surface area contributed by atoms with Crippen molar-refractivity contribution in [2.24, 2.45) is 0 Å². The Labute approximate surface area is 165 Å². The van der Waals surface area contributed by atoms with Crippen LogP contribution in [0.15, 0.2) is 52.0 Å². The maximum Gasteiger partial charge on any atom is 0.228 e. The Morgan fingerprint density at radius 2 is 1.82 bits per heavy atom. The van der Waals surface area contributed by atoms with Gasteiger partial charge in [-0.1, -0.05) is 20.8 Å². The second kappa shape index (κ2) is 7.80. The van der Waals surface area contributed by atoms with Gasteiger partial charge in [-0.3, -0.25) is 4.79 Å². The average Bonchev–Trinajstić information content (AvgIpc) is 3.02. The first kappa shape index (κ1) is 20.1. The Morgan fingerprint density at radius 3 is 2.43 bits per heavy atom. The number of sulfone groups is 1. The number of amides is 1. The van der Waals surface area contributed by atoms with Gasteiger partial charge >= 0.3 is 0 Å². The van der Waals surface area contributed by atoms with Crippen LogP contribution in [0.4, 0.5) is 5.69 Å². The number of benzene rings is 2. The molecule has 1 aromatic heterocycles. The van der Waals surface area contributed by atoms with Gasteiger partial charge in [-0.05, 0) is 60.4 Å². The van der Waals surface area contributed by atoms with Crippen molar-refractivity contribution in [3.63, 3.8) is 0 Å². The third-order valence-corrected chi connectivity index (χ3v) is 6.64. The molecule has 28 heavy (non-hydrogen) atoms. The van der Waals surface area contributed by atoms with E-state index in [1.54, 1.807) is 25.3 Å². The zero-order valence-corrected chi connectivity index (χ0v) is 17.4. The maximum absolute atomic E-state index is 12.5. The molecular formula is C22H25NO4S. The number of fused-ring (bicyclic) bond motifs is 1. The summed E-state index contributed by atoms with van der Waals surface area (Å²) in [5, 5.41) is 3.77. The normalized spacial score (nSPS) is 11.9. The lowest BCUT2D eigenvalue weighted by Crippen LogP contribution is -2.14. The molecule has 3 aromatic rings. The number of rotatable bonds is 6. The van der Waals surface area contributed by atoms with E-state index in [1.165, 1.54) is 23.3 Å². The van der Waals surface area contributed by atoms with E-state index >= 15 is 0 Å². The summed E-state index contributed by atoms with van der Waals surface area (Å²) in [4.78, 5) is 12.7. The number of anilines is 1. The number of hydrogen-bond donors (Lipinski definition) is 1. The van der Waals surface area contributed by atoms with E-state index in [0.717, 1.165) is 16.5 Å². The molecule has 0 aliphatic rings. The Hall–Kier alpha value is -2.60. The molecule has 0 bridgehead atoms. The fraction of sp³-hybridized carbons (Fsp3) is 0.318. The number of carbonyl (C=O) groups excluding carboxylic acids is 1. The molecular weight excluding hydrogens is 374 g/mol. The van der Waals surface area contributed by atoms with Crippen molar-refractivity contribution in [3.05, 3.63) is 59.4 Å². The second-order valence-electron chi connectivity index (χ2n) is 7.27. The van der Waals surface area contributed by atoms with Crippen LogP contribution in [0.5, 0.6) is 0 Å². The Morgan fingerprint density at radius 1 is 1.14 bits per heavy atom. The molecule has 1 N–H and O–H groups in total. The standard InChI is InChI=1S/C22H25NO4S/c1-5-28(25,26)18-8-6-17(7-9-18)23-22(24)11-16-13-27-21-10-15(4)19(14(2)3)12-20(16)21/h6-10,12-14H,5,11H2,1-4H3,(H,23,24). The third kappa shape index (κ3) is 4.12. The maximum atomic E-state index is 12.5. The minimum Gasteiger partial charge on any atom is -0.464 e. The van der Waals surface area contributed by atoms with Gasteiger partial charge in [0, 0.05) is 16.6 Å². The summed E-state index contributed by atoms with van der Waals surface area (Å²) in [6, 6.07) is 10.4. The predicted molar refractivity (Wildman–Crippen MR) is 112 cm³/mol. The third-order valence-electron chi connectivity index (χ3n) is 4.89. The van der Waals surface area contributed by atoms with Gasteiger partial charge in [-0.15, -0.1) is 0 Å². The number of carbonyl (C=O) groups is 1. The molecule has 0 aliphatic heterocycles. The van der Waals surface area contributed by atoms with Crippen molar-refractivity contribution in [1.29, 1.82) is 0 Å². The number of furan rings is 1. The highest BCUT2D eigenvalue weighted by atomic mass is 32.2. The van der Waals surface area contributed by atoms with Crippen molar-refractivity contribution in [2.75, 3.05) is 11.1 Å². The minimum absolute atomic E-state index is 0.0457. The molecule has 1 amide bonds. The highest BCUT2D eigenvalue weighted by Gasteiger charge is 2.15.